The zero-order valence-electron chi connectivity index (χ0n) is 9.95. The van der Waals surface area contributed by atoms with E-state index in [2.05, 4.69) is 27.7 Å². The van der Waals surface area contributed by atoms with Crippen LogP contribution in [-0.2, 0) is 0 Å². The van der Waals surface area contributed by atoms with E-state index in [0.717, 1.165) is 0 Å². The summed E-state index contributed by atoms with van der Waals surface area (Å²) in [4.78, 5) is 0. The molecule has 0 amide bonds. The molecule has 0 aromatic heterocycles. The van der Waals surface area contributed by atoms with Crippen molar-refractivity contribution >= 4 is 0 Å². The van der Waals surface area contributed by atoms with Gasteiger partial charge in [0.15, 0.2) is 0 Å². The molecule has 0 heterocycles. The van der Waals surface area contributed by atoms with Crippen LogP contribution in [0.15, 0.2) is 0 Å². The van der Waals surface area contributed by atoms with E-state index >= 15 is 0 Å². The minimum Gasteiger partial charge on any atom is -0.0654 e. The van der Waals surface area contributed by atoms with Crippen LogP contribution in [0, 0.1) is 10.8 Å². The Hall–Kier alpha value is 0. The summed E-state index contributed by atoms with van der Waals surface area (Å²) < 4.78 is 0. The van der Waals surface area contributed by atoms with E-state index in [1.807, 2.05) is 0 Å². The lowest BCUT2D eigenvalue weighted by Gasteiger charge is -2.43. The van der Waals surface area contributed by atoms with Crippen molar-refractivity contribution in [2.24, 2.45) is 10.8 Å². The third-order valence-corrected chi connectivity index (χ3v) is 3.67. The maximum Gasteiger partial charge on any atom is -0.0321 e. The molecule has 0 saturated heterocycles. The van der Waals surface area contributed by atoms with Gasteiger partial charge < -0.3 is 0 Å². The Balaban J connectivity index is 2.47. The lowest BCUT2D eigenvalue weighted by molar-refractivity contribution is 0.0889. The quantitative estimate of drug-likeness (QED) is 0.589. The van der Waals surface area contributed by atoms with Gasteiger partial charge in [-0.2, -0.15) is 0 Å². The van der Waals surface area contributed by atoms with Crippen LogP contribution in [0.2, 0.25) is 0 Å². The van der Waals surface area contributed by atoms with Gasteiger partial charge in [0.2, 0.25) is 0 Å². The first kappa shape index (κ1) is 11.1. The van der Waals surface area contributed by atoms with Gasteiger partial charge >= 0.3 is 0 Å². The Morgan fingerprint density at radius 2 is 1.77 bits per heavy atom. The molecular weight excluding hydrogens is 156 g/mol. The van der Waals surface area contributed by atoms with Gasteiger partial charge in [0.1, 0.15) is 0 Å². The molecule has 1 atom stereocenters. The second-order valence-corrected chi connectivity index (χ2v) is 6.11. The highest BCUT2D eigenvalue weighted by Gasteiger charge is 2.35. The van der Waals surface area contributed by atoms with Crippen molar-refractivity contribution in [3.63, 3.8) is 0 Å². The maximum absolute atomic E-state index is 2.50. The molecule has 0 spiro atoms. The smallest absolute Gasteiger partial charge is 0.0321 e. The average molecular weight is 182 g/mol. The zero-order chi connectivity index (χ0) is 9.95. The second-order valence-electron chi connectivity index (χ2n) is 6.11. The minimum absolute atomic E-state index is 0.612. The van der Waals surface area contributed by atoms with Gasteiger partial charge in [-0.05, 0) is 36.5 Å². The molecular formula is C13H26. The Morgan fingerprint density at radius 3 is 2.31 bits per heavy atom. The number of rotatable bonds is 3. The fraction of sp³-hybridized carbons (Fsp3) is 1.00. The van der Waals surface area contributed by atoms with Gasteiger partial charge in [0, 0.05) is 0 Å². The monoisotopic (exact) mass is 182 g/mol. The van der Waals surface area contributed by atoms with Crippen molar-refractivity contribution in [3.8, 4) is 0 Å². The summed E-state index contributed by atoms with van der Waals surface area (Å²) in [5, 5.41) is 0. The predicted molar refractivity (Wildman–Crippen MR) is 59.9 cm³/mol. The Bertz CT molecular complexity index is 157. The van der Waals surface area contributed by atoms with Gasteiger partial charge in [0.25, 0.3) is 0 Å². The topological polar surface area (TPSA) is 0 Å². The highest BCUT2D eigenvalue weighted by Crippen LogP contribution is 2.48. The predicted octanol–water partition coefficient (Wildman–Crippen LogP) is 4.78. The number of hydrogen-bond acceptors (Lipinski definition) is 0. The maximum atomic E-state index is 2.50. The van der Waals surface area contributed by atoms with Crippen LogP contribution in [-0.4, -0.2) is 0 Å². The summed E-state index contributed by atoms with van der Waals surface area (Å²) in [5.41, 5.74) is 1.28. The highest BCUT2D eigenvalue weighted by molar-refractivity contribution is 4.87. The molecule has 1 rings (SSSR count). The molecule has 0 aliphatic heterocycles. The SMILES string of the molecule is CCCCC1(C)CCCC(C)(C)C1. The largest absolute Gasteiger partial charge is 0.0654 e. The standard InChI is InChI=1S/C13H26/c1-5-6-9-13(4)10-7-8-12(2,3)11-13/h5-11H2,1-4H3. The molecule has 1 aliphatic carbocycles. The normalized spacial score (nSPS) is 33.2. The summed E-state index contributed by atoms with van der Waals surface area (Å²) in [6, 6.07) is 0. The van der Waals surface area contributed by atoms with E-state index in [1.54, 1.807) is 0 Å². The second kappa shape index (κ2) is 4.02. The molecule has 13 heavy (non-hydrogen) atoms. The molecule has 0 N–H and O–H groups in total. The fourth-order valence-electron chi connectivity index (χ4n) is 3.14. The average Bonchev–Trinajstić information content (AvgIpc) is 1.98. The van der Waals surface area contributed by atoms with Crippen LogP contribution in [0.3, 0.4) is 0 Å². The summed E-state index contributed by atoms with van der Waals surface area (Å²) in [5.74, 6) is 0. The highest BCUT2D eigenvalue weighted by atomic mass is 14.4. The van der Waals surface area contributed by atoms with Gasteiger partial charge in [-0.25, -0.2) is 0 Å². The van der Waals surface area contributed by atoms with Gasteiger partial charge in [-0.1, -0.05) is 47.0 Å². The summed E-state index contributed by atoms with van der Waals surface area (Å²) in [7, 11) is 0. The van der Waals surface area contributed by atoms with Gasteiger partial charge in [-0.3, -0.25) is 0 Å². The molecule has 0 heteroatoms. The van der Waals surface area contributed by atoms with Crippen molar-refractivity contribution in [2.45, 2.75) is 72.6 Å². The fourth-order valence-corrected chi connectivity index (χ4v) is 3.14. The van der Waals surface area contributed by atoms with Crippen LogP contribution in [0.5, 0.6) is 0 Å². The van der Waals surface area contributed by atoms with Crippen LogP contribution in [0.25, 0.3) is 0 Å². The molecule has 1 fully saturated rings. The Morgan fingerprint density at radius 1 is 1.08 bits per heavy atom. The Kier molecular flexibility index (Phi) is 3.43. The zero-order valence-corrected chi connectivity index (χ0v) is 9.95. The van der Waals surface area contributed by atoms with Crippen molar-refractivity contribution in [2.75, 3.05) is 0 Å². The van der Waals surface area contributed by atoms with E-state index in [1.165, 1.54) is 44.9 Å². The van der Waals surface area contributed by atoms with Crippen molar-refractivity contribution in [3.05, 3.63) is 0 Å². The van der Waals surface area contributed by atoms with Crippen molar-refractivity contribution < 1.29 is 0 Å². The van der Waals surface area contributed by atoms with E-state index in [0.29, 0.717) is 10.8 Å². The summed E-state index contributed by atoms with van der Waals surface area (Å²) in [6.07, 6.45) is 10.0. The molecule has 1 aliphatic rings. The van der Waals surface area contributed by atoms with Gasteiger partial charge in [0.05, 0.1) is 0 Å². The third-order valence-electron chi connectivity index (χ3n) is 3.67. The lowest BCUT2D eigenvalue weighted by Crippen LogP contribution is -2.30. The molecule has 0 aromatic carbocycles. The summed E-state index contributed by atoms with van der Waals surface area (Å²) >= 11 is 0. The van der Waals surface area contributed by atoms with E-state index in [-0.39, 0.29) is 0 Å². The first-order chi connectivity index (χ1) is 5.97. The number of hydrogen-bond donors (Lipinski definition) is 0. The molecule has 0 aromatic rings. The molecule has 1 unspecified atom stereocenters. The summed E-state index contributed by atoms with van der Waals surface area (Å²) in [6.45, 7) is 9.69. The van der Waals surface area contributed by atoms with Crippen LogP contribution < -0.4 is 0 Å². The third kappa shape index (κ3) is 3.32. The van der Waals surface area contributed by atoms with E-state index in [4.69, 9.17) is 0 Å². The van der Waals surface area contributed by atoms with Crippen LogP contribution in [0.4, 0.5) is 0 Å². The lowest BCUT2D eigenvalue weighted by atomic mass is 9.63. The molecule has 0 nitrogen and oxygen atoms in total. The van der Waals surface area contributed by atoms with E-state index < -0.39 is 0 Å². The minimum atomic E-state index is 0.612. The molecule has 1 saturated carbocycles. The first-order valence-electron chi connectivity index (χ1n) is 5.97. The van der Waals surface area contributed by atoms with Crippen molar-refractivity contribution in [1.29, 1.82) is 0 Å². The van der Waals surface area contributed by atoms with Crippen LogP contribution >= 0.6 is 0 Å². The molecule has 0 bridgehead atoms. The van der Waals surface area contributed by atoms with Gasteiger partial charge in [-0.15, -0.1) is 0 Å². The van der Waals surface area contributed by atoms with Crippen molar-refractivity contribution in [1.82, 2.24) is 0 Å². The molecule has 78 valence electrons. The number of unbranched alkanes of at least 4 members (excludes halogenated alkanes) is 1. The van der Waals surface area contributed by atoms with Crippen LogP contribution in [0.1, 0.15) is 72.6 Å². The van der Waals surface area contributed by atoms with E-state index in [9.17, 15) is 0 Å². The first-order valence-corrected chi connectivity index (χ1v) is 5.97. The molecule has 0 radical (unpaired) electrons. The Labute approximate surface area is 84.1 Å².